The van der Waals surface area contributed by atoms with Crippen LogP contribution in [0, 0.1) is 5.82 Å². The van der Waals surface area contributed by atoms with Gasteiger partial charge in [0.05, 0.1) is 25.5 Å². The van der Waals surface area contributed by atoms with Crippen molar-refractivity contribution in [3.8, 4) is 17.6 Å². The summed E-state index contributed by atoms with van der Waals surface area (Å²) in [6.07, 6.45) is -1.24. The number of aromatic nitrogens is 1. The Labute approximate surface area is 206 Å². The number of carbonyl (C=O) groups excluding carboxylic acids is 2. The van der Waals surface area contributed by atoms with E-state index in [1.807, 2.05) is 0 Å². The van der Waals surface area contributed by atoms with Gasteiger partial charge >= 0.3 is 24.1 Å². The number of thiophene rings is 1. The van der Waals surface area contributed by atoms with Crippen molar-refractivity contribution in [1.29, 1.82) is 0 Å². The number of methoxy groups -OCH3 is 2. The average molecular weight is 516 g/mol. The maximum Gasteiger partial charge on any atom is 0.419 e. The maximum atomic E-state index is 14.6. The van der Waals surface area contributed by atoms with Crippen LogP contribution in [0.15, 0.2) is 46.2 Å². The summed E-state index contributed by atoms with van der Waals surface area (Å²) in [6, 6.07) is 8.52. The predicted molar refractivity (Wildman–Crippen MR) is 124 cm³/mol. The Morgan fingerprint density at radius 3 is 2.67 bits per heavy atom. The molecule has 2 aromatic heterocycles. The minimum Gasteiger partial charge on any atom is -0.493 e. The Morgan fingerprint density at radius 1 is 1.14 bits per heavy atom. The van der Waals surface area contributed by atoms with Crippen LogP contribution in [-0.2, 0) is 11.3 Å². The molecular formula is C23H17FN2O9S. The summed E-state index contributed by atoms with van der Waals surface area (Å²) in [5.74, 6) is -3.33. The highest BCUT2D eigenvalue weighted by atomic mass is 32.1. The van der Waals surface area contributed by atoms with Gasteiger partial charge in [-0.05, 0) is 17.5 Å². The number of aromatic carboxylic acids is 1. The number of oxazole rings is 1. The second-order valence-corrected chi connectivity index (χ2v) is 7.91. The van der Waals surface area contributed by atoms with Gasteiger partial charge in [0, 0.05) is 17.7 Å². The first-order valence-electron chi connectivity index (χ1n) is 10.1. The smallest absolute Gasteiger partial charge is 0.419 e. The Balaban J connectivity index is 1.51. The van der Waals surface area contributed by atoms with Crippen molar-refractivity contribution in [3.63, 3.8) is 0 Å². The minimum atomic E-state index is -1.36. The summed E-state index contributed by atoms with van der Waals surface area (Å²) < 4.78 is 40.6. The number of nitrogens with zero attached hydrogens (tertiary/aromatic N) is 1. The molecule has 0 atom stereocenters. The highest BCUT2D eigenvalue weighted by molar-refractivity contribution is 7.12. The third-order valence-electron chi connectivity index (χ3n) is 4.80. The molecule has 186 valence electrons. The lowest BCUT2D eigenvalue weighted by atomic mass is 10.2. The summed E-state index contributed by atoms with van der Waals surface area (Å²) in [5, 5.41) is 12.6. The van der Waals surface area contributed by atoms with E-state index in [9.17, 15) is 18.8 Å². The first-order chi connectivity index (χ1) is 17.3. The van der Waals surface area contributed by atoms with Gasteiger partial charge < -0.3 is 28.5 Å². The molecule has 0 aliphatic rings. The van der Waals surface area contributed by atoms with Crippen LogP contribution >= 0.6 is 11.3 Å². The second-order valence-electron chi connectivity index (χ2n) is 6.99. The van der Waals surface area contributed by atoms with Gasteiger partial charge in [0.25, 0.3) is 0 Å². The summed E-state index contributed by atoms with van der Waals surface area (Å²) >= 11 is 0.787. The zero-order valence-corrected chi connectivity index (χ0v) is 19.5. The van der Waals surface area contributed by atoms with E-state index < -0.39 is 23.8 Å². The lowest BCUT2D eigenvalue weighted by Crippen LogP contribution is -2.20. The van der Waals surface area contributed by atoms with Crippen LogP contribution in [0.5, 0.6) is 17.6 Å². The van der Waals surface area contributed by atoms with Crippen LogP contribution in [0.1, 0.15) is 25.6 Å². The fourth-order valence-electron chi connectivity index (χ4n) is 3.15. The predicted octanol–water partition coefficient (Wildman–Crippen LogP) is 4.71. The molecule has 11 nitrogen and oxygen atoms in total. The molecule has 0 spiro atoms. The second kappa shape index (κ2) is 10.3. The molecular weight excluding hydrogens is 499 g/mol. The van der Waals surface area contributed by atoms with Gasteiger partial charge in [-0.25, -0.2) is 18.8 Å². The zero-order valence-electron chi connectivity index (χ0n) is 18.7. The highest BCUT2D eigenvalue weighted by Gasteiger charge is 2.23. The Morgan fingerprint density at radius 2 is 1.94 bits per heavy atom. The average Bonchev–Trinajstić information content (AvgIpc) is 3.51. The first kappa shape index (κ1) is 24.5. The summed E-state index contributed by atoms with van der Waals surface area (Å²) in [6.45, 7) is -0.0201. The summed E-state index contributed by atoms with van der Waals surface area (Å²) in [4.78, 5) is 39.5. The summed E-state index contributed by atoms with van der Waals surface area (Å²) in [7, 11) is 2.73. The first-order valence-corrected chi connectivity index (χ1v) is 10.9. The van der Waals surface area contributed by atoms with Gasteiger partial charge in [0.15, 0.2) is 22.9 Å². The third-order valence-corrected chi connectivity index (χ3v) is 5.69. The van der Waals surface area contributed by atoms with Gasteiger partial charge in [-0.1, -0.05) is 12.1 Å². The fraction of sp³-hybridized carbons (Fsp3) is 0.130. The van der Waals surface area contributed by atoms with Crippen LogP contribution in [-0.4, -0.2) is 42.3 Å². The molecule has 0 unspecified atom stereocenters. The SMILES string of the molecule is COc1nc2c(COc3cc(NC(=O)OC(=O)c4sccc4C(=O)O)c(F)cc3OC)cccc2o1. The molecule has 0 aliphatic carbocycles. The lowest BCUT2D eigenvalue weighted by molar-refractivity contribution is 0.0623. The molecule has 0 aliphatic heterocycles. The number of anilines is 1. The highest BCUT2D eigenvalue weighted by Crippen LogP contribution is 2.34. The van der Waals surface area contributed by atoms with Crippen LogP contribution in [0.3, 0.4) is 0 Å². The number of carbonyl (C=O) groups is 3. The molecule has 2 heterocycles. The molecule has 0 bridgehead atoms. The Kier molecular flexibility index (Phi) is 7.01. The number of benzene rings is 2. The van der Waals surface area contributed by atoms with Crippen molar-refractivity contribution >= 4 is 46.2 Å². The van der Waals surface area contributed by atoms with Crippen molar-refractivity contribution in [2.75, 3.05) is 19.5 Å². The number of hydrogen-bond acceptors (Lipinski definition) is 10. The molecule has 4 rings (SSSR count). The number of esters is 1. The maximum absolute atomic E-state index is 14.6. The van der Waals surface area contributed by atoms with Crippen molar-refractivity contribution in [2.24, 2.45) is 0 Å². The third kappa shape index (κ3) is 5.05. The van der Waals surface area contributed by atoms with Gasteiger partial charge in [-0.3, -0.25) is 5.32 Å². The number of nitrogens with one attached hydrogen (secondary N) is 1. The molecule has 1 amide bonds. The number of ether oxygens (including phenoxy) is 4. The molecule has 2 N–H and O–H groups in total. The van der Waals surface area contributed by atoms with Crippen molar-refractivity contribution in [3.05, 3.63) is 63.6 Å². The Bertz CT molecular complexity index is 1460. The topological polar surface area (TPSA) is 146 Å². The van der Waals surface area contributed by atoms with Gasteiger partial charge in [0.2, 0.25) is 0 Å². The molecule has 2 aromatic carbocycles. The molecule has 0 saturated heterocycles. The van der Waals surface area contributed by atoms with E-state index >= 15 is 0 Å². The number of fused-ring (bicyclic) bond motifs is 1. The van der Waals surface area contributed by atoms with Gasteiger partial charge in [-0.15, -0.1) is 11.3 Å². The molecule has 4 aromatic rings. The number of halogens is 1. The van der Waals surface area contributed by atoms with Crippen LogP contribution in [0.25, 0.3) is 11.1 Å². The van der Waals surface area contributed by atoms with Crippen molar-refractivity contribution in [2.45, 2.75) is 6.61 Å². The van der Waals surface area contributed by atoms with E-state index in [4.69, 9.17) is 23.7 Å². The lowest BCUT2D eigenvalue weighted by Gasteiger charge is -2.14. The van der Waals surface area contributed by atoms with Gasteiger partial charge in [-0.2, -0.15) is 4.98 Å². The number of para-hydroxylation sites is 1. The Hall–Kier alpha value is -4.65. The minimum absolute atomic E-state index is 0.0201. The normalized spacial score (nSPS) is 10.6. The van der Waals surface area contributed by atoms with Crippen molar-refractivity contribution < 1.29 is 47.2 Å². The molecule has 13 heteroatoms. The number of rotatable bonds is 8. The molecule has 0 fully saturated rings. The van der Waals surface area contributed by atoms with Crippen LogP contribution in [0.4, 0.5) is 14.9 Å². The van der Waals surface area contributed by atoms with E-state index in [2.05, 4.69) is 15.0 Å². The fourth-order valence-corrected chi connectivity index (χ4v) is 3.91. The molecule has 0 radical (unpaired) electrons. The standard InChI is InChI=1S/C23H17FN2O9S/c1-31-16-8-13(24)14(25-22(30)35-21(29)19-12(20(27)28)6-7-36-19)9-17(16)33-10-11-4-3-5-15-18(11)26-23(32-2)34-15/h3-9H,10H2,1-2H3,(H,25,30)(H,27,28). The van der Waals surface area contributed by atoms with Crippen molar-refractivity contribution in [1.82, 2.24) is 4.98 Å². The summed E-state index contributed by atoms with van der Waals surface area (Å²) in [5.41, 5.74) is 0.935. The van der Waals surface area contributed by atoms with E-state index in [-0.39, 0.29) is 40.3 Å². The largest absolute Gasteiger partial charge is 0.493 e. The van der Waals surface area contributed by atoms with E-state index in [0.717, 1.165) is 23.5 Å². The molecule has 0 saturated carbocycles. The number of carboxylic acids is 1. The number of carboxylic acid groups (broad SMARTS) is 1. The van der Waals surface area contributed by atoms with E-state index in [1.54, 1.807) is 18.2 Å². The van der Waals surface area contributed by atoms with E-state index in [1.165, 1.54) is 25.7 Å². The number of amides is 1. The van der Waals surface area contributed by atoms with E-state index in [0.29, 0.717) is 16.7 Å². The van der Waals surface area contributed by atoms with Gasteiger partial charge in [0.1, 0.15) is 17.0 Å². The van der Waals surface area contributed by atoms with Crippen LogP contribution < -0.4 is 19.5 Å². The number of hydrogen-bond donors (Lipinski definition) is 2. The molecule has 36 heavy (non-hydrogen) atoms. The monoisotopic (exact) mass is 516 g/mol. The quantitative estimate of drug-likeness (QED) is 0.249. The van der Waals surface area contributed by atoms with Crippen LogP contribution in [0.2, 0.25) is 0 Å². The zero-order chi connectivity index (χ0) is 25.8.